The molecule has 0 saturated carbocycles. The van der Waals surface area contributed by atoms with Crippen LogP contribution in [0.5, 0.6) is 0 Å². The lowest BCUT2D eigenvalue weighted by atomic mass is 10.1. The van der Waals surface area contributed by atoms with Gasteiger partial charge >= 0.3 is 0 Å². The molecule has 186 valence electrons. The summed E-state index contributed by atoms with van der Waals surface area (Å²) in [6.45, 7) is 19.5. The fraction of sp³-hybridized carbons (Fsp3) is 0.393. The van der Waals surface area contributed by atoms with Crippen LogP contribution in [0, 0.1) is 0 Å². The lowest BCUT2D eigenvalue weighted by Gasteiger charge is -2.16. The largest absolute Gasteiger partial charge is 0.486 e. The van der Waals surface area contributed by atoms with Crippen LogP contribution in [0.4, 0.5) is 0 Å². The highest BCUT2D eigenvalue weighted by Crippen LogP contribution is 2.13. The van der Waals surface area contributed by atoms with Gasteiger partial charge in [0.2, 0.25) is 0 Å². The minimum Gasteiger partial charge on any atom is -0.486 e. The van der Waals surface area contributed by atoms with E-state index in [9.17, 15) is 0 Å². The Morgan fingerprint density at radius 3 is 2.33 bits per heavy atom. The van der Waals surface area contributed by atoms with Crippen LogP contribution in [0.3, 0.4) is 0 Å². The lowest BCUT2D eigenvalue weighted by molar-refractivity contribution is 0.157. The Labute approximate surface area is 208 Å². The van der Waals surface area contributed by atoms with Crippen molar-refractivity contribution >= 4 is 17.5 Å². The van der Waals surface area contributed by atoms with Crippen molar-refractivity contribution < 1.29 is 4.74 Å². The zero-order valence-electron chi connectivity index (χ0n) is 22.1. The number of rotatable bonds is 11. The number of hydrogen-bond donors (Lipinski definition) is 2. The Morgan fingerprint density at radius 1 is 1.24 bits per heavy atom. The predicted octanol–water partition coefficient (Wildman–Crippen LogP) is 7.86. The maximum atomic E-state index is 5.81. The molecule has 5 heteroatoms. The van der Waals surface area contributed by atoms with Gasteiger partial charge < -0.3 is 15.8 Å². The summed E-state index contributed by atoms with van der Waals surface area (Å²) < 4.78 is 5.81. The van der Waals surface area contributed by atoms with Crippen LogP contribution in [-0.2, 0) is 4.74 Å². The molecule has 33 heavy (non-hydrogen) atoms. The van der Waals surface area contributed by atoms with Gasteiger partial charge in [0, 0.05) is 36.4 Å². The van der Waals surface area contributed by atoms with Crippen LogP contribution in [0.15, 0.2) is 91.0 Å². The van der Waals surface area contributed by atoms with Gasteiger partial charge in [-0.3, -0.25) is 4.98 Å². The summed E-state index contributed by atoms with van der Waals surface area (Å²) in [6, 6.07) is 3.81. The second-order valence-corrected chi connectivity index (χ2v) is 6.55. The Morgan fingerprint density at radius 2 is 1.91 bits per heavy atom. The van der Waals surface area contributed by atoms with Crippen molar-refractivity contribution in [3.05, 3.63) is 96.6 Å². The minimum atomic E-state index is 0.00260. The van der Waals surface area contributed by atoms with Crippen molar-refractivity contribution in [3.8, 4) is 0 Å². The average Bonchev–Trinajstić information content (AvgIpc) is 2.89. The van der Waals surface area contributed by atoms with Gasteiger partial charge in [0.05, 0.1) is 0 Å². The summed E-state index contributed by atoms with van der Waals surface area (Å²) in [5.41, 5.74) is 8.66. The van der Waals surface area contributed by atoms with Crippen molar-refractivity contribution in [2.24, 2.45) is 5.73 Å². The summed E-state index contributed by atoms with van der Waals surface area (Å²) in [7, 11) is 1.93. The first-order valence-electron chi connectivity index (χ1n) is 11.5. The average molecular weight is 474 g/mol. The highest BCUT2D eigenvalue weighted by atomic mass is 32.2. The lowest BCUT2D eigenvalue weighted by Crippen LogP contribution is -2.12. The minimum absolute atomic E-state index is 0.00260. The monoisotopic (exact) mass is 473 g/mol. The number of thioether (sulfide) groups is 1. The fourth-order valence-electron chi connectivity index (χ4n) is 2.19. The van der Waals surface area contributed by atoms with E-state index < -0.39 is 0 Å². The normalized spacial score (nSPS) is 12.1. The Kier molecular flexibility index (Phi) is 29.0. The number of allylic oxidation sites excluding steroid dienone is 6. The quantitative estimate of drug-likeness (QED) is 0.194. The maximum Gasteiger partial charge on any atom is 0.119 e. The van der Waals surface area contributed by atoms with Gasteiger partial charge in [-0.25, -0.2) is 0 Å². The molecule has 1 aromatic rings. The van der Waals surface area contributed by atoms with E-state index >= 15 is 0 Å². The van der Waals surface area contributed by atoms with Crippen LogP contribution in [-0.4, -0.2) is 24.4 Å². The van der Waals surface area contributed by atoms with Crippen LogP contribution in [0.2, 0.25) is 0 Å². The van der Waals surface area contributed by atoms with Gasteiger partial charge in [-0.15, -0.1) is 11.8 Å². The van der Waals surface area contributed by atoms with E-state index in [1.807, 2.05) is 96.7 Å². The van der Waals surface area contributed by atoms with Crippen LogP contribution < -0.4 is 11.1 Å². The van der Waals surface area contributed by atoms with Gasteiger partial charge in [0.25, 0.3) is 0 Å². The summed E-state index contributed by atoms with van der Waals surface area (Å²) in [5, 5.41) is 5.06. The van der Waals surface area contributed by atoms with Crippen LogP contribution in [0.25, 0.3) is 5.70 Å². The third kappa shape index (κ3) is 19.7. The van der Waals surface area contributed by atoms with E-state index in [2.05, 4.69) is 29.5 Å². The maximum absolute atomic E-state index is 5.81. The predicted molar refractivity (Wildman–Crippen MR) is 153 cm³/mol. The van der Waals surface area contributed by atoms with Gasteiger partial charge in [0.15, 0.2) is 0 Å². The van der Waals surface area contributed by atoms with E-state index in [0.29, 0.717) is 0 Å². The summed E-state index contributed by atoms with van der Waals surface area (Å²) >= 11 is 1.59. The number of nitrogens with two attached hydrogens (primary N) is 1. The van der Waals surface area contributed by atoms with E-state index in [1.54, 1.807) is 30.2 Å². The third-order valence-corrected chi connectivity index (χ3v) is 4.30. The topological polar surface area (TPSA) is 60.2 Å². The molecule has 4 nitrogen and oxygen atoms in total. The number of hydrogen-bond acceptors (Lipinski definition) is 5. The van der Waals surface area contributed by atoms with Crippen molar-refractivity contribution in [1.82, 2.24) is 10.3 Å². The number of nitrogens with zero attached hydrogens (tertiary/aromatic N) is 1. The summed E-state index contributed by atoms with van der Waals surface area (Å²) in [6.07, 6.45) is 18.7. The second-order valence-electron chi connectivity index (χ2n) is 5.84. The number of pyridine rings is 1. The van der Waals surface area contributed by atoms with Gasteiger partial charge in [-0.2, -0.15) is 0 Å². The second kappa shape index (κ2) is 27.4. The van der Waals surface area contributed by atoms with Crippen molar-refractivity contribution in [3.63, 3.8) is 0 Å². The molecule has 0 spiro atoms. The van der Waals surface area contributed by atoms with Crippen molar-refractivity contribution in [2.75, 3.05) is 13.3 Å². The standard InChI is InChI=1S/C16H25NO.C8H10N2S.2C2H6/c1-6-10-11-15(8-3)18-16(9-4)13-12-14(7-2)17-5;1-11-6-8(9)7-3-2-4-10-5-7;2*1-2/h6-11,16-17H,3-4,12-13H2,1-2,5H3;2-6H,9H2,1H3;2*1-2H3/b10-6-,14-7+,15-11+;8-6-;;. The number of ether oxygens (including phenoxy) is 1. The molecule has 0 saturated heterocycles. The molecule has 0 amide bonds. The van der Waals surface area contributed by atoms with Crippen molar-refractivity contribution in [2.45, 2.75) is 60.5 Å². The molecule has 1 aromatic heterocycles. The fourth-order valence-corrected chi connectivity index (χ4v) is 2.58. The summed E-state index contributed by atoms with van der Waals surface area (Å²) in [5.74, 6) is 0.768. The first-order valence-corrected chi connectivity index (χ1v) is 12.8. The Hall–Kier alpha value is -2.66. The van der Waals surface area contributed by atoms with Gasteiger partial charge in [-0.05, 0) is 62.6 Å². The Balaban J connectivity index is -0.000000509. The number of nitrogens with one attached hydrogen (secondary N) is 1. The number of aromatic nitrogens is 1. The summed E-state index contributed by atoms with van der Waals surface area (Å²) in [4.78, 5) is 3.96. The highest BCUT2D eigenvalue weighted by Gasteiger charge is 2.07. The molecule has 0 radical (unpaired) electrons. The first kappa shape index (κ1) is 34.9. The third-order valence-electron chi connectivity index (χ3n) is 3.81. The van der Waals surface area contributed by atoms with E-state index in [0.717, 1.165) is 29.9 Å². The highest BCUT2D eigenvalue weighted by molar-refractivity contribution is 8.01. The SMILES string of the molecule is C=C/C(=C\C=C/C)OC(C=C)CC/C(=C\C)NC.CC.CC.CS/C=C(\N)c1cccnc1. The van der Waals surface area contributed by atoms with Crippen LogP contribution >= 0.6 is 11.8 Å². The van der Waals surface area contributed by atoms with E-state index in [-0.39, 0.29) is 6.10 Å². The van der Waals surface area contributed by atoms with E-state index in [1.165, 1.54) is 5.70 Å². The van der Waals surface area contributed by atoms with E-state index in [4.69, 9.17) is 10.5 Å². The molecule has 1 rings (SSSR count). The smallest absolute Gasteiger partial charge is 0.119 e. The molecule has 0 bridgehead atoms. The molecule has 1 unspecified atom stereocenters. The van der Waals surface area contributed by atoms with Gasteiger partial charge in [-0.1, -0.05) is 65.2 Å². The van der Waals surface area contributed by atoms with Crippen LogP contribution in [0.1, 0.15) is 59.9 Å². The molecule has 0 aliphatic carbocycles. The first-order chi connectivity index (χ1) is 16.1. The molecular weight excluding hydrogens is 426 g/mol. The molecule has 1 atom stereocenters. The zero-order chi connectivity index (χ0) is 25.9. The molecule has 0 aliphatic heterocycles. The Bertz CT molecular complexity index is 707. The molecule has 1 heterocycles. The molecule has 0 aromatic carbocycles. The zero-order valence-corrected chi connectivity index (χ0v) is 22.9. The molecular formula is C28H47N3OS. The molecule has 0 aliphatic rings. The van der Waals surface area contributed by atoms with Gasteiger partial charge in [0.1, 0.15) is 11.9 Å². The van der Waals surface area contributed by atoms with Crippen molar-refractivity contribution in [1.29, 1.82) is 0 Å². The molecule has 3 N–H and O–H groups in total. The molecule has 0 fully saturated rings.